The molecular formula is C12H16N2O2S2. The molecule has 0 spiro atoms. The van der Waals surface area contributed by atoms with Crippen molar-refractivity contribution in [1.29, 1.82) is 5.26 Å². The summed E-state index contributed by atoms with van der Waals surface area (Å²) in [7, 11) is -3.54. The van der Waals surface area contributed by atoms with Crippen LogP contribution in [0.15, 0.2) is 29.2 Å². The number of nitriles is 1. The summed E-state index contributed by atoms with van der Waals surface area (Å²) < 4.78 is 26.7. The van der Waals surface area contributed by atoms with Crippen LogP contribution in [0, 0.1) is 11.3 Å². The second kappa shape index (κ2) is 6.78. The Kier molecular flexibility index (Phi) is 5.66. The highest BCUT2D eigenvalue weighted by Crippen LogP contribution is 2.12. The van der Waals surface area contributed by atoms with E-state index in [0.29, 0.717) is 5.56 Å². The maximum Gasteiger partial charge on any atom is 0.240 e. The van der Waals surface area contributed by atoms with E-state index in [0.717, 1.165) is 11.5 Å². The minimum Gasteiger partial charge on any atom is -0.208 e. The molecule has 0 amide bonds. The van der Waals surface area contributed by atoms with E-state index in [-0.39, 0.29) is 10.9 Å². The van der Waals surface area contributed by atoms with Crippen LogP contribution >= 0.6 is 11.8 Å². The average Bonchev–Trinajstić information content (AvgIpc) is 2.36. The van der Waals surface area contributed by atoms with Crippen molar-refractivity contribution in [3.8, 4) is 6.07 Å². The van der Waals surface area contributed by atoms with Crippen molar-refractivity contribution in [2.24, 2.45) is 0 Å². The fourth-order valence-electron chi connectivity index (χ4n) is 1.39. The van der Waals surface area contributed by atoms with Gasteiger partial charge >= 0.3 is 0 Å². The third kappa shape index (κ3) is 4.33. The van der Waals surface area contributed by atoms with E-state index in [1.807, 2.05) is 19.9 Å². The van der Waals surface area contributed by atoms with Gasteiger partial charge in [-0.2, -0.15) is 17.0 Å². The van der Waals surface area contributed by atoms with Gasteiger partial charge in [-0.1, -0.05) is 13.0 Å². The number of sulfonamides is 1. The van der Waals surface area contributed by atoms with Crippen molar-refractivity contribution >= 4 is 21.8 Å². The predicted molar refractivity (Wildman–Crippen MR) is 73.9 cm³/mol. The third-order valence-corrected chi connectivity index (χ3v) is 4.93. The summed E-state index contributed by atoms with van der Waals surface area (Å²) in [5, 5.41) is 8.76. The van der Waals surface area contributed by atoms with E-state index in [4.69, 9.17) is 5.26 Å². The van der Waals surface area contributed by atoms with Gasteiger partial charge in [0.1, 0.15) is 0 Å². The van der Waals surface area contributed by atoms with Gasteiger partial charge < -0.3 is 0 Å². The molecule has 0 fully saturated rings. The maximum atomic E-state index is 12.0. The first-order valence-corrected chi connectivity index (χ1v) is 8.23. The van der Waals surface area contributed by atoms with Crippen LogP contribution in [0.5, 0.6) is 0 Å². The normalized spacial score (nSPS) is 12.9. The van der Waals surface area contributed by atoms with Crippen molar-refractivity contribution in [1.82, 2.24) is 4.72 Å². The highest BCUT2D eigenvalue weighted by molar-refractivity contribution is 7.99. The lowest BCUT2D eigenvalue weighted by molar-refractivity contribution is 0.571. The first-order valence-electron chi connectivity index (χ1n) is 5.60. The zero-order valence-electron chi connectivity index (χ0n) is 10.4. The van der Waals surface area contributed by atoms with Crippen LogP contribution in [0.4, 0.5) is 0 Å². The van der Waals surface area contributed by atoms with Gasteiger partial charge in [-0.15, -0.1) is 0 Å². The number of nitrogens with zero attached hydrogens (tertiary/aromatic N) is 1. The highest BCUT2D eigenvalue weighted by Gasteiger charge is 2.17. The number of rotatable bonds is 6. The standard InChI is InChI=1S/C12H16N2O2S2/c1-3-17-9-10(2)14-18(15,16)12-6-4-5-11(7-12)8-13/h4-7,10,14H,3,9H2,1-2H3. The third-order valence-electron chi connectivity index (χ3n) is 2.20. The number of benzene rings is 1. The molecule has 0 saturated heterocycles. The summed E-state index contributed by atoms with van der Waals surface area (Å²) in [5.41, 5.74) is 0.341. The molecule has 0 aliphatic heterocycles. The molecule has 0 radical (unpaired) electrons. The van der Waals surface area contributed by atoms with Gasteiger partial charge in [-0.25, -0.2) is 13.1 Å². The van der Waals surface area contributed by atoms with Gasteiger partial charge in [-0.3, -0.25) is 0 Å². The Morgan fingerprint density at radius 1 is 1.50 bits per heavy atom. The van der Waals surface area contributed by atoms with Crippen molar-refractivity contribution in [2.75, 3.05) is 11.5 Å². The van der Waals surface area contributed by atoms with Crippen molar-refractivity contribution < 1.29 is 8.42 Å². The second-order valence-corrected chi connectivity index (χ2v) is 6.85. The van der Waals surface area contributed by atoms with Crippen molar-refractivity contribution in [3.05, 3.63) is 29.8 Å². The van der Waals surface area contributed by atoms with Crippen LogP contribution in [0.2, 0.25) is 0 Å². The molecule has 0 aromatic heterocycles. The fourth-order valence-corrected chi connectivity index (χ4v) is 3.46. The Hall–Kier alpha value is -1.03. The topological polar surface area (TPSA) is 70.0 Å². The van der Waals surface area contributed by atoms with E-state index in [1.165, 1.54) is 12.1 Å². The Morgan fingerprint density at radius 3 is 2.83 bits per heavy atom. The highest BCUT2D eigenvalue weighted by atomic mass is 32.2. The molecule has 0 bridgehead atoms. The van der Waals surface area contributed by atoms with Gasteiger partial charge in [0.15, 0.2) is 0 Å². The Balaban J connectivity index is 2.83. The summed E-state index contributed by atoms with van der Waals surface area (Å²) in [5.74, 6) is 1.68. The molecule has 4 nitrogen and oxygen atoms in total. The Bertz CT molecular complexity index is 535. The molecule has 0 aliphatic carbocycles. The summed E-state index contributed by atoms with van der Waals surface area (Å²) in [6, 6.07) is 7.81. The molecule has 1 N–H and O–H groups in total. The van der Waals surface area contributed by atoms with Crippen LogP contribution < -0.4 is 4.72 Å². The van der Waals surface area contributed by atoms with Crippen LogP contribution in [-0.4, -0.2) is 26.0 Å². The van der Waals surface area contributed by atoms with Gasteiger partial charge in [-0.05, 0) is 30.9 Å². The molecular weight excluding hydrogens is 268 g/mol. The quantitative estimate of drug-likeness (QED) is 0.867. The molecule has 0 saturated carbocycles. The smallest absolute Gasteiger partial charge is 0.208 e. The fraction of sp³-hybridized carbons (Fsp3) is 0.417. The number of hydrogen-bond acceptors (Lipinski definition) is 4. The van der Waals surface area contributed by atoms with E-state index < -0.39 is 10.0 Å². The molecule has 1 unspecified atom stereocenters. The van der Waals surface area contributed by atoms with E-state index in [9.17, 15) is 8.42 Å². The van der Waals surface area contributed by atoms with Gasteiger partial charge in [0.25, 0.3) is 0 Å². The van der Waals surface area contributed by atoms with Crippen molar-refractivity contribution in [2.45, 2.75) is 24.8 Å². The number of hydrogen-bond donors (Lipinski definition) is 1. The van der Waals surface area contributed by atoms with E-state index in [1.54, 1.807) is 23.9 Å². The molecule has 18 heavy (non-hydrogen) atoms. The molecule has 1 atom stereocenters. The zero-order chi connectivity index (χ0) is 13.6. The van der Waals surface area contributed by atoms with Crippen LogP contribution in [0.25, 0.3) is 0 Å². The molecule has 1 aromatic rings. The minimum atomic E-state index is -3.54. The Labute approximate surface area is 112 Å². The Morgan fingerprint density at radius 2 is 2.22 bits per heavy atom. The molecule has 0 aliphatic rings. The van der Waals surface area contributed by atoms with Gasteiger partial charge in [0, 0.05) is 11.8 Å². The average molecular weight is 284 g/mol. The number of nitrogens with one attached hydrogen (secondary N) is 1. The van der Waals surface area contributed by atoms with E-state index >= 15 is 0 Å². The lowest BCUT2D eigenvalue weighted by atomic mass is 10.2. The monoisotopic (exact) mass is 284 g/mol. The molecule has 1 aromatic carbocycles. The lowest BCUT2D eigenvalue weighted by Gasteiger charge is -2.13. The maximum absolute atomic E-state index is 12.0. The second-order valence-electron chi connectivity index (χ2n) is 3.82. The molecule has 98 valence electrons. The first-order chi connectivity index (χ1) is 8.49. The SMILES string of the molecule is CCSCC(C)NS(=O)(=O)c1cccc(C#N)c1. The largest absolute Gasteiger partial charge is 0.240 e. The van der Waals surface area contributed by atoms with Gasteiger partial charge in [0.05, 0.1) is 16.5 Å². The summed E-state index contributed by atoms with van der Waals surface area (Å²) >= 11 is 1.68. The van der Waals surface area contributed by atoms with E-state index in [2.05, 4.69) is 4.72 Å². The minimum absolute atomic E-state index is 0.134. The van der Waals surface area contributed by atoms with Gasteiger partial charge in [0.2, 0.25) is 10.0 Å². The summed E-state index contributed by atoms with van der Waals surface area (Å²) in [6.45, 7) is 3.86. The summed E-state index contributed by atoms with van der Waals surface area (Å²) in [4.78, 5) is 0.134. The van der Waals surface area contributed by atoms with Crippen LogP contribution in [-0.2, 0) is 10.0 Å². The molecule has 1 rings (SSSR count). The van der Waals surface area contributed by atoms with Crippen molar-refractivity contribution in [3.63, 3.8) is 0 Å². The first kappa shape index (κ1) is 15.0. The van der Waals surface area contributed by atoms with Crippen LogP contribution in [0.3, 0.4) is 0 Å². The lowest BCUT2D eigenvalue weighted by Crippen LogP contribution is -2.34. The number of thioether (sulfide) groups is 1. The predicted octanol–water partition coefficient (Wildman–Crippen LogP) is 1.98. The zero-order valence-corrected chi connectivity index (χ0v) is 12.0. The molecule has 0 heterocycles. The van der Waals surface area contributed by atoms with Crippen LogP contribution in [0.1, 0.15) is 19.4 Å². The molecule has 6 heteroatoms. The summed E-state index contributed by atoms with van der Waals surface area (Å²) in [6.07, 6.45) is 0.